The van der Waals surface area contributed by atoms with Crippen LogP contribution in [-0.2, 0) is 9.47 Å². The molecule has 1 aromatic rings. The minimum atomic E-state index is -0.0123. The maximum atomic E-state index is 11.8. The lowest BCUT2D eigenvalue weighted by atomic mass is 10.3. The second kappa shape index (κ2) is 15.1. The molecule has 1 aromatic heterocycles. The predicted octanol–water partition coefficient (Wildman–Crippen LogP) is 2.24. The first-order valence-corrected chi connectivity index (χ1v) is 10.2. The van der Waals surface area contributed by atoms with Gasteiger partial charge in [-0.25, -0.2) is 0 Å². The van der Waals surface area contributed by atoms with E-state index in [1.807, 2.05) is 24.4 Å². The Morgan fingerprint density at radius 2 is 2.19 bits per heavy atom. The van der Waals surface area contributed by atoms with Crippen LogP contribution in [0, 0.1) is 0 Å². The molecule has 2 heterocycles. The number of nitrogens with one attached hydrogen (secondary N) is 3. The number of nitrogens with zero attached hydrogens (tertiary/aromatic N) is 1. The Hall–Kier alpha value is -0.910. The fraction of sp³-hybridized carbons (Fsp3) is 0.667. The van der Waals surface area contributed by atoms with E-state index in [4.69, 9.17) is 9.47 Å². The van der Waals surface area contributed by atoms with E-state index in [9.17, 15) is 4.79 Å². The molecule has 2 rings (SSSR count). The average Bonchev–Trinajstić information content (AvgIpc) is 3.34. The molecule has 0 spiro atoms. The normalized spacial score (nSPS) is 16.6. The average molecular weight is 510 g/mol. The minimum Gasteiger partial charge on any atom is -0.379 e. The second-order valence-electron chi connectivity index (χ2n) is 5.98. The molecule has 0 aromatic carbocycles. The van der Waals surface area contributed by atoms with Crippen molar-refractivity contribution < 1.29 is 14.3 Å². The Morgan fingerprint density at radius 1 is 1.33 bits per heavy atom. The fourth-order valence-corrected chi connectivity index (χ4v) is 3.12. The maximum Gasteiger partial charge on any atom is 0.261 e. The molecule has 1 saturated heterocycles. The number of guanidine groups is 1. The van der Waals surface area contributed by atoms with Crippen LogP contribution in [0.4, 0.5) is 0 Å². The number of hydrogen-bond donors (Lipinski definition) is 3. The van der Waals surface area contributed by atoms with Gasteiger partial charge in [-0.3, -0.25) is 9.79 Å². The first-order chi connectivity index (χ1) is 12.8. The highest BCUT2D eigenvalue weighted by molar-refractivity contribution is 14.0. The second-order valence-corrected chi connectivity index (χ2v) is 6.93. The fourth-order valence-electron chi connectivity index (χ4n) is 2.48. The van der Waals surface area contributed by atoms with E-state index in [0.29, 0.717) is 13.1 Å². The van der Waals surface area contributed by atoms with E-state index in [1.54, 1.807) is 0 Å². The van der Waals surface area contributed by atoms with E-state index in [1.165, 1.54) is 11.3 Å². The monoisotopic (exact) mass is 510 g/mol. The molecular formula is C18H31IN4O3S. The number of amides is 1. The summed E-state index contributed by atoms with van der Waals surface area (Å²) in [4.78, 5) is 17.1. The van der Waals surface area contributed by atoms with Gasteiger partial charge >= 0.3 is 0 Å². The first kappa shape index (κ1) is 24.1. The van der Waals surface area contributed by atoms with Crippen molar-refractivity contribution in [3.05, 3.63) is 22.4 Å². The molecule has 1 unspecified atom stereocenters. The Bertz CT molecular complexity index is 537. The van der Waals surface area contributed by atoms with Gasteiger partial charge in [0.1, 0.15) is 0 Å². The van der Waals surface area contributed by atoms with Crippen LogP contribution in [0.5, 0.6) is 0 Å². The molecule has 1 atom stereocenters. The van der Waals surface area contributed by atoms with Gasteiger partial charge in [0, 0.05) is 39.4 Å². The molecule has 1 aliphatic rings. The molecule has 0 saturated carbocycles. The summed E-state index contributed by atoms with van der Waals surface area (Å²) in [7, 11) is 0. The van der Waals surface area contributed by atoms with E-state index < -0.39 is 0 Å². The molecule has 3 N–H and O–H groups in total. The lowest BCUT2D eigenvalue weighted by Gasteiger charge is -2.13. The number of carbonyl (C=O) groups is 1. The molecule has 1 aliphatic heterocycles. The molecule has 1 fully saturated rings. The smallest absolute Gasteiger partial charge is 0.261 e. The van der Waals surface area contributed by atoms with Crippen LogP contribution in [0.3, 0.4) is 0 Å². The molecule has 0 bridgehead atoms. The molecule has 0 aliphatic carbocycles. The zero-order valence-electron chi connectivity index (χ0n) is 15.9. The van der Waals surface area contributed by atoms with Crippen LogP contribution >= 0.6 is 35.3 Å². The quantitative estimate of drug-likeness (QED) is 0.184. The van der Waals surface area contributed by atoms with Crippen molar-refractivity contribution in [3.63, 3.8) is 0 Å². The van der Waals surface area contributed by atoms with Crippen LogP contribution in [0.15, 0.2) is 22.5 Å². The van der Waals surface area contributed by atoms with Gasteiger partial charge in [0.2, 0.25) is 0 Å². The van der Waals surface area contributed by atoms with Crippen LogP contribution in [0.1, 0.15) is 35.9 Å². The Morgan fingerprint density at radius 3 is 2.89 bits per heavy atom. The summed E-state index contributed by atoms with van der Waals surface area (Å²) in [6.45, 7) is 7.23. The summed E-state index contributed by atoms with van der Waals surface area (Å²) in [6, 6.07) is 3.71. The zero-order chi connectivity index (χ0) is 18.5. The molecule has 154 valence electrons. The van der Waals surface area contributed by atoms with Gasteiger partial charge in [0.05, 0.1) is 17.6 Å². The summed E-state index contributed by atoms with van der Waals surface area (Å²) in [5.74, 6) is 0.794. The number of rotatable bonds is 11. The molecule has 1 amide bonds. The summed E-state index contributed by atoms with van der Waals surface area (Å²) < 4.78 is 11.0. The number of halogens is 1. The Labute approximate surface area is 182 Å². The van der Waals surface area contributed by atoms with Crippen LogP contribution in [0.25, 0.3) is 0 Å². The van der Waals surface area contributed by atoms with Crippen LogP contribution in [0.2, 0.25) is 0 Å². The molecular weight excluding hydrogens is 479 g/mol. The molecule has 0 radical (unpaired) electrons. The van der Waals surface area contributed by atoms with E-state index in [0.717, 1.165) is 63.0 Å². The van der Waals surface area contributed by atoms with E-state index in [-0.39, 0.29) is 36.0 Å². The summed E-state index contributed by atoms with van der Waals surface area (Å²) in [5, 5.41) is 11.4. The summed E-state index contributed by atoms with van der Waals surface area (Å²) in [5.41, 5.74) is 0. The van der Waals surface area contributed by atoms with Crippen LogP contribution in [-0.4, -0.2) is 64.0 Å². The van der Waals surface area contributed by atoms with E-state index >= 15 is 0 Å². The van der Waals surface area contributed by atoms with Gasteiger partial charge in [0.15, 0.2) is 5.96 Å². The van der Waals surface area contributed by atoms with Crippen molar-refractivity contribution in [2.75, 3.05) is 46.0 Å². The summed E-state index contributed by atoms with van der Waals surface area (Å²) >= 11 is 1.45. The third-order valence-corrected chi connectivity index (χ3v) is 4.70. The molecule has 27 heavy (non-hydrogen) atoms. The van der Waals surface area contributed by atoms with Crippen molar-refractivity contribution in [1.82, 2.24) is 16.0 Å². The van der Waals surface area contributed by atoms with Gasteiger partial charge in [-0.2, -0.15) is 0 Å². The Kier molecular flexibility index (Phi) is 13.5. The first-order valence-electron chi connectivity index (χ1n) is 9.33. The van der Waals surface area contributed by atoms with Crippen molar-refractivity contribution in [1.29, 1.82) is 0 Å². The highest BCUT2D eigenvalue weighted by Crippen LogP contribution is 2.08. The van der Waals surface area contributed by atoms with Gasteiger partial charge in [-0.1, -0.05) is 6.07 Å². The van der Waals surface area contributed by atoms with Gasteiger partial charge < -0.3 is 25.4 Å². The third-order valence-electron chi connectivity index (χ3n) is 3.83. The number of carbonyl (C=O) groups excluding carboxylic acids is 1. The highest BCUT2D eigenvalue weighted by Gasteiger charge is 2.15. The lowest BCUT2D eigenvalue weighted by molar-refractivity contribution is 0.0420. The lowest BCUT2D eigenvalue weighted by Crippen LogP contribution is -2.38. The topological polar surface area (TPSA) is 84.0 Å². The molecule has 7 nitrogen and oxygen atoms in total. The van der Waals surface area contributed by atoms with Crippen molar-refractivity contribution in [2.45, 2.75) is 32.3 Å². The van der Waals surface area contributed by atoms with Gasteiger partial charge in [0.25, 0.3) is 5.91 Å². The third kappa shape index (κ3) is 10.3. The zero-order valence-corrected chi connectivity index (χ0v) is 19.0. The number of hydrogen-bond acceptors (Lipinski definition) is 5. The Balaban J connectivity index is 0.00000364. The maximum absolute atomic E-state index is 11.8. The van der Waals surface area contributed by atoms with Crippen molar-refractivity contribution in [3.8, 4) is 0 Å². The number of ether oxygens (including phenoxy) is 2. The SMILES string of the molecule is CCNC(=NCCCNC(=O)c1cccs1)NCCCOC1CCOC1.I. The summed E-state index contributed by atoms with van der Waals surface area (Å²) in [6.07, 6.45) is 3.00. The van der Waals surface area contributed by atoms with Crippen LogP contribution < -0.4 is 16.0 Å². The number of aliphatic imine (C=N–C) groups is 1. The largest absolute Gasteiger partial charge is 0.379 e. The van der Waals surface area contributed by atoms with Gasteiger partial charge in [-0.15, -0.1) is 35.3 Å². The minimum absolute atomic E-state index is 0. The predicted molar refractivity (Wildman–Crippen MR) is 120 cm³/mol. The van der Waals surface area contributed by atoms with Gasteiger partial charge in [-0.05, 0) is 37.6 Å². The molecule has 9 heteroatoms. The highest BCUT2D eigenvalue weighted by atomic mass is 127. The number of thiophene rings is 1. The van der Waals surface area contributed by atoms with Crippen molar-refractivity contribution in [2.24, 2.45) is 4.99 Å². The van der Waals surface area contributed by atoms with Crippen molar-refractivity contribution >= 4 is 47.2 Å². The van der Waals surface area contributed by atoms with E-state index in [2.05, 4.69) is 20.9 Å². The standard InChI is InChI=1S/C18H30N4O3S.HI/c1-2-19-18(22-10-5-11-25-15-7-12-24-14-15)21-9-4-8-20-17(23)16-6-3-13-26-16;/h3,6,13,15H,2,4-5,7-12,14H2,1H3,(H,20,23)(H2,19,21,22);1H.